The molecule has 9 heteroatoms. The number of terminal acetylenes is 1. The molecule has 0 radical (unpaired) electrons. The van der Waals surface area contributed by atoms with E-state index in [-0.39, 0.29) is 11.4 Å². The van der Waals surface area contributed by atoms with Crippen LogP contribution in [0.4, 0.5) is 11.4 Å². The largest absolute Gasteiger partial charge is 0.755 e. The first-order valence-corrected chi connectivity index (χ1v) is 12.8. The van der Waals surface area contributed by atoms with Gasteiger partial charge in [0.25, 0.3) is 5.91 Å². The lowest BCUT2D eigenvalue weighted by Crippen LogP contribution is -2.45. The number of aryl methyl sites for hydroxylation is 1. The molecule has 4 rings (SSSR count). The van der Waals surface area contributed by atoms with E-state index in [0.717, 1.165) is 20.8 Å². The number of aliphatic carboxylic acids is 1. The van der Waals surface area contributed by atoms with Crippen molar-refractivity contribution < 1.29 is 27.9 Å². The second-order valence-corrected chi connectivity index (χ2v) is 9.86. The van der Waals surface area contributed by atoms with E-state index in [1.54, 1.807) is 75.4 Å². The highest BCUT2D eigenvalue weighted by atomic mass is 32.2. The van der Waals surface area contributed by atoms with Gasteiger partial charge in [-0.2, -0.15) is 0 Å². The average Bonchev–Trinajstić information content (AvgIpc) is 3.24. The Morgan fingerprint density at radius 3 is 2.18 bits per heavy atom. The van der Waals surface area contributed by atoms with E-state index >= 15 is 0 Å². The molecule has 0 fully saturated rings. The molecule has 3 aromatic carbocycles. The van der Waals surface area contributed by atoms with E-state index in [4.69, 9.17) is 10.8 Å². The molecule has 1 amide bonds. The lowest BCUT2D eigenvalue weighted by molar-refractivity contribution is -0.139. The molecule has 1 heterocycles. The number of hydrogen-bond donors (Lipinski definition) is 2. The van der Waals surface area contributed by atoms with Gasteiger partial charge in [0.2, 0.25) is 0 Å². The zero-order valence-corrected chi connectivity index (χ0v) is 21.7. The first-order chi connectivity index (χ1) is 18.1. The Bertz CT molecular complexity index is 1570. The predicted molar refractivity (Wildman–Crippen MR) is 146 cm³/mol. The molecule has 38 heavy (non-hydrogen) atoms. The fraction of sp³-hybridized carbons (Fsp3) is 0.172. The van der Waals surface area contributed by atoms with Crippen molar-refractivity contribution in [2.75, 3.05) is 9.62 Å². The number of nitrogens with zero attached hydrogens (tertiary/aromatic N) is 1. The molecule has 194 valence electrons. The lowest BCUT2D eigenvalue weighted by Gasteiger charge is -2.34. The number of benzene rings is 3. The first-order valence-electron chi connectivity index (χ1n) is 11.7. The highest BCUT2D eigenvalue weighted by molar-refractivity contribution is 7.80. The summed E-state index contributed by atoms with van der Waals surface area (Å²) >= 11 is -2.77. The molecule has 0 aliphatic carbocycles. The van der Waals surface area contributed by atoms with Gasteiger partial charge in [0.05, 0.1) is 0 Å². The maximum atomic E-state index is 12.9. The fourth-order valence-electron chi connectivity index (χ4n) is 4.37. The minimum absolute atomic E-state index is 0.184. The maximum Gasteiger partial charge on any atom is 0.327 e. The molecule has 0 saturated heterocycles. The molecule has 0 aliphatic heterocycles. The third kappa shape index (κ3) is 5.18. The average molecular weight is 530 g/mol. The second-order valence-electron chi connectivity index (χ2n) is 9.03. The summed E-state index contributed by atoms with van der Waals surface area (Å²) in [5.41, 5.74) is 4.28. The Balaban J connectivity index is 1.53. The molecule has 0 saturated carbocycles. The summed E-state index contributed by atoms with van der Waals surface area (Å²) in [5.74, 6) is 0.741. The van der Waals surface area contributed by atoms with E-state index in [0.29, 0.717) is 22.4 Å². The van der Waals surface area contributed by atoms with Crippen molar-refractivity contribution in [3.8, 4) is 23.5 Å². The van der Waals surface area contributed by atoms with Crippen LogP contribution in [0.2, 0.25) is 0 Å². The molecule has 8 nitrogen and oxygen atoms in total. The van der Waals surface area contributed by atoms with Crippen LogP contribution in [0.1, 0.15) is 35.5 Å². The first kappa shape index (κ1) is 26.7. The number of anilines is 2. The van der Waals surface area contributed by atoms with Gasteiger partial charge in [0.1, 0.15) is 11.6 Å². The van der Waals surface area contributed by atoms with Crippen LogP contribution in [0, 0.1) is 25.2 Å². The summed E-state index contributed by atoms with van der Waals surface area (Å²) in [5, 5.41) is 13.1. The minimum atomic E-state index is -2.77. The summed E-state index contributed by atoms with van der Waals surface area (Å²) in [6.07, 6.45) is 5.58. The van der Waals surface area contributed by atoms with Crippen molar-refractivity contribution in [3.63, 3.8) is 0 Å². The van der Waals surface area contributed by atoms with Crippen LogP contribution in [0.25, 0.3) is 22.1 Å². The quantitative estimate of drug-likeness (QED) is 0.234. The Kier molecular flexibility index (Phi) is 7.67. The van der Waals surface area contributed by atoms with Crippen LogP contribution >= 0.6 is 0 Å². The Labute approximate surface area is 222 Å². The molecule has 0 spiro atoms. The number of carbonyl (C=O) groups excluding carboxylic acids is 1. The topological polar surface area (TPSA) is 123 Å². The van der Waals surface area contributed by atoms with Crippen molar-refractivity contribution in [2.45, 2.75) is 26.8 Å². The molecule has 2 N–H and O–H groups in total. The molecule has 2 atom stereocenters. The Hall–Kier alpha value is -4.39. The highest BCUT2D eigenvalue weighted by Crippen LogP contribution is 2.30. The van der Waals surface area contributed by atoms with Crippen LogP contribution in [0.3, 0.4) is 0 Å². The maximum absolute atomic E-state index is 12.9. The number of nitrogens with one attached hydrogen (secondary N) is 1. The lowest BCUT2D eigenvalue weighted by atomic mass is 10.0. The Morgan fingerprint density at radius 1 is 1.05 bits per heavy atom. The van der Waals surface area contributed by atoms with Gasteiger partial charge < -0.3 is 19.4 Å². The van der Waals surface area contributed by atoms with Crippen LogP contribution in [0.5, 0.6) is 0 Å². The zero-order valence-electron chi connectivity index (χ0n) is 20.9. The van der Waals surface area contributed by atoms with Crippen molar-refractivity contribution >= 4 is 45.5 Å². The summed E-state index contributed by atoms with van der Waals surface area (Å²) in [6.45, 7) is 5.09. The van der Waals surface area contributed by atoms with Gasteiger partial charge in [-0.3, -0.25) is 13.3 Å². The van der Waals surface area contributed by atoms with Gasteiger partial charge in [0, 0.05) is 39.2 Å². The summed E-state index contributed by atoms with van der Waals surface area (Å²) in [6, 6.07) is 17.8. The number of fused-ring (bicyclic) bond motifs is 1. The van der Waals surface area contributed by atoms with Gasteiger partial charge in [-0.25, -0.2) is 4.79 Å². The van der Waals surface area contributed by atoms with Crippen molar-refractivity contribution in [1.82, 2.24) is 0 Å². The van der Waals surface area contributed by atoms with Gasteiger partial charge in [0.15, 0.2) is 5.76 Å². The summed E-state index contributed by atoms with van der Waals surface area (Å²) in [7, 11) is 0. The van der Waals surface area contributed by atoms with Crippen LogP contribution < -0.4 is 9.62 Å². The van der Waals surface area contributed by atoms with E-state index in [1.807, 2.05) is 12.1 Å². The number of furan rings is 1. The normalized spacial score (nSPS) is 12.6. The molecule has 4 aromatic rings. The van der Waals surface area contributed by atoms with Crippen LogP contribution in [-0.2, 0) is 16.1 Å². The predicted octanol–water partition coefficient (Wildman–Crippen LogP) is 5.35. The van der Waals surface area contributed by atoms with Gasteiger partial charge in [-0.05, 0) is 60.4 Å². The summed E-state index contributed by atoms with van der Waals surface area (Å²) < 4.78 is 30.3. The molecular weight excluding hydrogens is 504 g/mol. The third-order valence-corrected chi connectivity index (χ3v) is 6.97. The van der Waals surface area contributed by atoms with E-state index in [9.17, 15) is 23.5 Å². The van der Waals surface area contributed by atoms with Crippen molar-refractivity contribution in [2.24, 2.45) is 5.92 Å². The smallest absolute Gasteiger partial charge is 0.327 e. The molecular formula is C29H25N2O6S-. The van der Waals surface area contributed by atoms with Gasteiger partial charge in [-0.1, -0.05) is 50.1 Å². The SMILES string of the molecule is C#Cc1cccc2oc(C(=O)Nc3ccc(-c4ccc(N(C(C(=O)O)C(C)C)S(=O)[O-])cc4)cc3)c(C)c12. The van der Waals surface area contributed by atoms with E-state index in [1.165, 1.54) is 0 Å². The number of carboxylic acid groups (broad SMARTS) is 1. The van der Waals surface area contributed by atoms with Gasteiger partial charge >= 0.3 is 5.97 Å². The number of rotatable bonds is 8. The fourth-order valence-corrected chi connectivity index (χ4v) is 5.18. The highest BCUT2D eigenvalue weighted by Gasteiger charge is 2.30. The monoisotopic (exact) mass is 529 g/mol. The van der Waals surface area contributed by atoms with Crippen LogP contribution in [-0.4, -0.2) is 31.8 Å². The molecule has 2 unspecified atom stereocenters. The summed E-state index contributed by atoms with van der Waals surface area (Å²) in [4.78, 5) is 24.6. The van der Waals surface area contributed by atoms with Gasteiger partial charge in [-0.15, -0.1) is 6.42 Å². The number of carbonyl (C=O) groups is 2. The van der Waals surface area contributed by atoms with E-state index in [2.05, 4.69) is 11.2 Å². The Morgan fingerprint density at radius 2 is 1.66 bits per heavy atom. The second kappa shape index (κ2) is 10.9. The number of amides is 1. The molecule has 0 bridgehead atoms. The minimum Gasteiger partial charge on any atom is -0.755 e. The van der Waals surface area contributed by atoms with Crippen molar-refractivity contribution in [1.29, 1.82) is 0 Å². The third-order valence-electron chi connectivity index (χ3n) is 6.21. The van der Waals surface area contributed by atoms with Crippen LogP contribution in [0.15, 0.2) is 71.1 Å². The van der Waals surface area contributed by atoms with Crippen molar-refractivity contribution in [3.05, 3.63) is 83.6 Å². The number of hydrogen-bond acceptors (Lipinski definition) is 5. The zero-order chi connectivity index (χ0) is 27.6. The number of carboxylic acids is 1. The standard InChI is InChI=1S/C29H26N2O6S/c1-5-19-7-6-8-24-25(19)18(4)27(37-24)28(32)30-22-13-9-20(10-14-22)21-11-15-23(16-12-21)31(38(35)36)26(17(2)3)29(33)34/h1,6-17,26H,2-4H3,(H,30,32)(H,33,34)(H,35,36)/p-1. The molecule has 1 aromatic heterocycles. The van der Waals surface area contributed by atoms with E-state index < -0.39 is 35.1 Å². The molecule has 0 aliphatic rings.